The minimum absolute atomic E-state index is 0.0206. The van der Waals surface area contributed by atoms with Gasteiger partial charge in [-0.2, -0.15) is 0 Å². The van der Waals surface area contributed by atoms with E-state index in [0.717, 1.165) is 61.9 Å². The molecule has 8 nitrogen and oxygen atoms in total. The molecule has 2 aliphatic rings. The molecule has 1 aromatic carbocycles. The summed E-state index contributed by atoms with van der Waals surface area (Å²) in [4.78, 5) is 44.4. The Hall–Kier alpha value is -3.33. The first-order chi connectivity index (χ1) is 20.4. The van der Waals surface area contributed by atoms with Gasteiger partial charge in [0, 0.05) is 50.2 Å². The number of aliphatic carboxylic acids is 1. The average Bonchev–Trinajstić information content (AvgIpc) is 3.02. The van der Waals surface area contributed by atoms with Crippen LogP contribution in [0.1, 0.15) is 74.0 Å². The van der Waals surface area contributed by atoms with E-state index in [2.05, 4.69) is 10.3 Å². The van der Waals surface area contributed by atoms with Gasteiger partial charge < -0.3 is 20.1 Å². The van der Waals surface area contributed by atoms with Gasteiger partial charge in [0.2, 0.25) is 5.91 Å². The lowest BCUT2D eigenvalue weighted by molar-refractivity contribution is -0.137. The fourth-order valence-electron chi connectivity index (χ4n) is 6.15. The monoisotopic (exact) mass is 580 g/mol. The van der Waals surface area contributed by atoms with Gasteiger partial charge in [0.15, 0.2) is 0 Å². The van der Waals surface area contributed by atoms with Crippen LogP contribution in [0.3, 0.4) is 0 Å². The van der Waals surface area contributed by atoms with Gasteiger partial charge in [-0.05, 0) is 92.8 Å². The van der Waals surface area contributed by atoms with Crippen LogP contribution in [0, 0.1) is 11.8 Å². The number of rotatable bonds is 15. The van der Waals surface area contributed by atoms with Crippen LogP contribution in [0.15, 0.2) is 42.7 Å². The molecule has 0 aliphatic carbocycles. The van der Waals surface area contributed by atoms with Crippen LogP contribution in [0.2, 0.25) is 0 Å². The number of carbonyl (C=O) groups is 3. The van der Waals surface area contributed by atoms with Gasteiger partial charge in [0.05, 0.1) is 6.42 Å². The van der Waals surface area contributed by atoms with Crippen molar-refractivity contribution < 1.29 is 28.6 Å². The summed E-state index contributed by atoms with van der Waals surface area (Å²) in [7, 11) is 0. The Balaban J connectivity index is 1.34. The second-order valence-electron chi connectivity index (χ2n) is 11.7. The van der Waals surface area contributed by atoms with E-state index in [1.807, 2.05) is 29.2 Å². The van der Waals surface area contributed by atoms with Gasteiger partial charge in [-0.15, -0.1) is 0 Å². The number of halogens is 1. The normalized spacial score (nSPS) is 18.4. The second kappa shape index (κ2) is 16.3. The number of likely N-dealkylation sites (tertiary alicyclic amines) is 1. The molecule has 228 valence electrons. The number of ether oxygens (including phenoxy) is 1. The largest absolute Gasteiger partial charge is 0.491 e. The minimum atomic E-state index is -0.957. The van der Waals surface area contributed by atoms with Crippen molar-refractivity contribution in [2.75, 3.05) is 39.5 Å². The van der Waals surface area contributed by atoms with Gasteiger partial charge in [0.1, 0.15) is 24.8 Å². The number of alkyl halides is 1. The Bertz CT molecular complexity index is 1190. The van der Waals surface area contributed by atoms with Crippen LogP contribution in [-0.2, 0) is 27.2 Å². The number of benzene rings is 1. The molecule has 9 heteroatoms. The van der Waals surface area contributed by atoms with Crippen molar-refractivity contribution in [3.8, 4) is 5.75 Å². The second-order valence-corrected chi connectivity index (χ2v) is 11.7. The number of nitrogens with zero attached hydrogens (tertiary/aromatic N) is 2. The summed E-state index contributed by atoms with van der Waals surface area (Å²) in [6, 6.07) is 9.50. The van der Waals surface area contributed by atoms with E-state index < -0.39 is 18.6 Å². The summed E-state index contributed by atoms with van der Waals surface area (Å²) in [5, 5.41) is 13.0. The van der Waals surface area contributed by atoms with E-state index in [1.165, 1.54) is 0 Å². The number of aryl methyl sites for hydroxylation is 2. The predicted molar refractivity (Wildman–Crippen MR) is 158 cm³/mol. The highest BCUT2D eigenvalue weighted by Crippen LogP contribution is 2.29. The quantitative estimate of drug-likeness (QED) is 0.313. The Morgan fingerprint density at radius 2 is 1.88 bits per heavy atom. The third kappa shape index (κ3) is 9.89. The highest BCUT2D eigenvalue weighted by Gasteiger charge is 2.31. The number of hydrogen-bond donors (Lipinski definition) is 2. The fraction of sp³-hybridized carbons (Fsp3) is 0.576. The summed E-state index contributed by atoms with van der Waals surface area (Å²) in [5.41, 5.74) is 2.74. The molecular weight excluding hydrogens is 536 g/mol. The molecule has 42 heavy (non-hydrogen) atoms. The van der Waals surface area contributed by atoms with E-state index in [-0.39, 0.29) is 37.1 Å². The highest BCUT2D eigenvalue weighted by atomic mass is 18.2. The Morgan fingerprint density at radius 1 is 1.07 bits per heavy atom. The van der Waals surface area contributed by atoms with Crippen LogP contribution in [-0.4, -0.2) is 72.1 Å². The van der Waals surface area contributed by atoms with Crippen molar-refractivity contribution in [3.05, 3.63) is 59.4 Å². The molecule has 0 radical (unpaired) electrons. The maximum Gasteiger partial charge on any atom is 0.303 e. The lowest BCUT2D eigenvalue weighted by Gasteiger charge is -2.33. The van der Waals surface area contributed by atoms with E-state index in [9.17, 15) is 23.9 Å². The molecule has 2 N–H and O–H groups in total. The van der Waals surface area contributed by atoms with Gasteiger partial charge in [-0.3, -0.25) is 19.4 Å². The van der Waals surface area contributed by atoms with Crippen LogP contribution in [0.25, 0.3) is 0 Å². The number of hydrogen-bond acceptors (Lipinski definition) is 6. The molecule has 2 saturated heterocycles. The van der Waals surface area contributed by atoms with Gasteiger partial charge >= 0.3 is 5.97 Å². The number of carboxylic acids is 1. The average molecular weight is 581 g/mol. The van der Waals surface area contributed by atoms with Crippen LogP contribution in [0.5, 0.6) is 5.75 Å². The molecule has 0 bridgehead atoms. The lowest BCUT2D eigenvalue weighted by Crippen LogP contribution is -2.42. The fourth-order valence-corrected chi connectivity index (χ4v) is 6.15. The molecule has 3 heterocycles. The molecule has 2 aliphatic heterocycles. The van der Waals surface area contributed by atoms with Gasteiger partial charge in [-0.1, -0.05) is 18.2 Å². The molecule has 2 fully saturated rings. The van der Waals surface area contributed by atoms with Crippen molar-refractivity contribution in [1.29, 1.82) is 0 Å². The Labute approximate surface area is 248 Å². The maximum absolute atomic E-state index is 13.4. The molecular formula is C33H44FN3O5. The minimum Gasteiger partial charge on any atom is -0.491 e. The number of carbonyl (C=O) groups excluding carboxylic acids is 2. The summed E-state index contributed by atoms with van der Waals surface area (Å²) in [5.74, 6) is -0.336. The summed E-state index contributed by atoms with van der Waals surface area (Å²) in [6.45, 7) is 2.62. The van der Waals surface area contributed by atoms with Crippen LogP contribution < -0.4 is 10.1 Å². The van der Waals surface area contributed by atoms with E-state index in [4.69, 9.17) is 4.74 Å². The number of aromatic nitrogens is 1. The number of pyridine rings is 1. The van der Waals surface area contributed by atoms with Crippen LogP contribution in [0.4, 0.5) is 4.39 Å². The van der Waals surface area contributed by atoms with Crippen LogP contribution >= 0.6 is 0 Å². The molecule has 0 unspecified atom stereocenters. The smallest absolute Gasteiger partial charge is 0.303 e. The van der Waals surface area contributed by atoms with Gasteiger partial charge in [-0.25, -0.2) is 4.39 Å². The standard InChI is InChI=1S/C33H44FN3O5/c34-12-16-42-30-5-1-3-25(18-30)6-7-26-17-29(22-36-21-26)28(20-33(40)41)19-31(38)27-4-2-15-37(23-27)32(39)9-8-24-10-13-35-14-11-24/h1,3,5,17-18,21-22,24,27-28,35H,2,4,6-16,19-20,23H2,(H,40,41)/t27-,28+/m1/s1/i34-1. The lowest BCUT2D eigenvalue weighted by atomic mass is 9.84. The Morgan fingerprint density at radius 3 is 2.67 bits per heavy atom. The summed E-state index contributed by atoms with van der Waals surface area (Å²) >= 11 is 0. The first kappa shape index (κ1) is 31.6. The third-order valence-corrected chi connectivity index (χ3v) is 8.56. The van der Waals surface area contributed by atoms with Crippen molar-refractivity contribution >= 4 is 17.7 Å². The van der Waals surface area contributed by atoms with E-state index in [1.54, 1.807) is 18.5 Å². The molecule has 4 rings (SSSR count). The molecule has 2 aromatic rings. The third-order valence-electron chi connectivity index (χ3n) is 8.56. The molecule has 1 aromatic heterocycles. The number of amides is 1. The number of Topliss-reactive ketones (excluding diaryl/α,β-unsaturated/α-hetero) is 1. The van der Waals surface area contributed by atoms with Gasteiger partial charge in [0.25, 0.3) is 0 Å². The number of piperidine rings is 2. The number of nitrogens with one attached hydrogen (secondary N) is 1. The molecule has 1 amide bonds. The first-order valence-corrected chi connectivity index (χ1v) is 15.4. The SMILES string of the molecule is O=C(O)C[C@H](CC(=O)[C@@H]1CCCN(C(=O)CCC2CCNCC2)C1)c1cncc(CCc2cccc(OCC[18F])c2)c1. The zero-order chi connectivity index (χ0) is 29.7. The van der Waals surface area contributed by atoms with Crippen molar-refractivity contribution in [2.45, 2.75) is 70.1 Å². The number of ketones is 1. The maximum atomic E-state index is 13.4. The summed E-state index contributed by atoms with van der Waals surface area (Å²) < 4.78 is 17.8. The highest BCUT2D eigenvalue weighted by molar-refractivity contribution is 5.84. The number of carboxylic acid groups (broad SMARTS) is 1. The van der Waals surface area contributed by atoms with Crippen molar-refractivity contribution in [1.82, 2.24) is 15.2 Å². The van der Waals surface area contributed by atoms with E-state index >= 15 is 0 Å². The zero-order valence-electron chi connectivity index (χ0n) is 24.4. The topological polar surface area (TPSA) is 109 Å². The van der Waals surface area contributed by atoms with Crippen molar-refractivity contribution in [2.24, 2.45) is 11.8 Å². The molecule has 0 saturated carbocycles. The summed E-state index contributed by atoms with van der Waals surface area (Å²) in [6.07, 6.45) is 9.94. The van der Waals surface area contributed by atoms with E-state index in [0.29, 0.717) is 44.0 Å². The zero-order valence-corrected chi connectivity index (χ0v) is 24.4. The van der Waals surface area contributed by atoms with Crippen molar-refractivity contribution in [3.63, 3.8) is 0 Å². The molecule has 0 spiro atoms. The first-order valence-electron chi connectivity index (χ1n) is 15.4. The molecule has 2 atom stereocenters. The predicted octanol–water partition coefficient (Wildman–Crippen LogP) is 4.75. The Kier molecular flexibility index (Phi) is 12.3.